The van der Waals surface area contributed by atoms with Crippen LogP contribution in [0.25, 0.3) is 6.08 Å². The molecule has 0 heterocycles. The van der Waals surface area contributed by atoms with Gasteiger partial charge in [-0.05, 0) is 30.2 Å². The van der Waals surface area contributed by atoms with E-state index in [4.69, 9.17) is 4.74 Å². The van der Waals surface area contributed by atoms with Crippen LogP contribution in [0.3, 0.4) is 0 Å². The first-order chi connectivity index (χ1) is 9.67. The van der Waals surface area contributed by atoms with Gasteiger partial charge >= 0.3 is 0 Å². The Morgan fingerprint density at radius 3 is 2.70 bits per heavy atom. The predicted octanol–water partition coefficient (Wildman–Crippen LogP) is 4.34. The van der Waals surface area contributed by atoms with Crippen LogP contribution >= 0.6 is 0 Å². The van der Waals surface area contributed by atoms with E-state index >= 15 is 0 Å². The van der Waals surface area contributed by atoms with Crippen molar-refractivity contribution in [1.82, 2.24) is 0 Å². The lowest BCUT2D eigenvalue weighted by atomic mass is 10.1. The van der Waals surface area contributed by atoms with Crippen LogP contribution < -0.4 is 4.74 Å². The minimum Gasteiger partial charge on any atom is -0.504 e. The molecular formula is C17H24O3. The van der Waals surface area contributed by atoms with Crippen molar-refractivity contribution >= 4 is 11.9 Å². The summed E-state index contributed by atoms with van der Waals surface area (Å²) < 4.78 is 5.03. The van der Waals surface area contributed by atoms with Gasteiger partial charge in [-0.3, -0.25) is 4.79 Å². The summed E-state index contributed by atoms with van der Waals surface area (Å²) in [6.07, 6.45) is 9.73. The number of unbranched alkanes of at least 4 members (excludes halogenated alkanes) is 4. The second kappa shape index (κ2) is 9.18. The number of phenolic OH excluding ortho intramolecular Hbond substituents is 1. The number of carbonyl (C=O) groups is 1. The Morgan fingerprint density at radius 1 is 1.25 bits per heavy atom. The quantitative estimate of drug-likeness (QED) is 0.539. The Hall–Kier alpha value is -1.77. The fraction of sp³-hybridized carbons (Fsp3) is 0.471. The molecule has 1 aromatic carbocycles. The molecule has 1 aromatic rings. The molecule has 0 aliphatic carbocycles. The maximum atomic E-state index is 11.7. The van der Waals surface area contributed by atoms with E-state index in [1.54, 1.807) is 30.4 Å². The van der Waals surface area contributed by atoms with E-state index in [2.05, 4.69) is 6.92 Å². The highest BCUT2D eigenvalue weighted by Gasteiger charge is 2.01. The van der Waals surface area contributed by atoms with E-state index in [-0.39, 0.29) is 11.5 Å². The second-order valence-corrected chi connectivity index (χ2v) is 4.90. The van der Waals surface area contributed by atoms with Crippen molar-refractivity contribution in [3.05, 3.63) is 29.8 Å². The van der Waals surface area contributed by atoms with Gasteiger partial charge in [-0.1, -0.05) is 44.7 Å². The van der Waals surface area contributed by atoms with Gasteiger partial charge in [0.15, 0.2) is 17.3 Å². The minimum absolute atomic E-state index is 0.104. The molecule has 0 fully saturated rings. The van der Waals surface area contributed by atoms with Crippen LogP contribution in [0.15, 0.2) is 24.3 Å². The number of phenols is 1. The maximum absolute atomic E-state index is 11.7. The van der Waals surface area contributed by atoms with Crippen LogP contribution in [0.1, 0.15) is 51.0 Å². The number of benzene rings is 1. The molecule has 1 N–H and O–H groups in total. The highest BCUT2D eigenvalue weighted by atomic mass is 16.5. The summed E-state index contributed by atoms with van der Waals surface area (Å²) in [5.41, 5.74) is 0.846. The van der Waals surface area contributed by atoms with E-state index < -0.39 is 0 Å². The summed E-state index contributed by atoms with van der Waals surface area (Å²) in [6.45, 7) is 2.18. The highest BCUT2D eigenvalue weighted by Crippen LogP contribution is 2.26. The summed E-state index contributed by atoms with van der Waals surface area (Å²) in [5, 5.41) is 9.48. The van der Waals surface area contributed by atoms with Crippen molar-refractivity contribution in [1.29, 1.82) is 0 Å². The Balaban J connectivity index is 2.41. The predicted molar refractivity (Wildman–Crippen MR) is 82.1 cm³/mol. The minimum atomic E-state index is 0.104. The number of hydrogen-bond donors (Lipinski definition) is 1. The molecule has 0 spiro atoms. The number of allylic oxidation sites excluding steroid dienone is 1. The van der Waals surface area contributed by atoms with Crippen LogP contribution in [0.4, 0.5) is 0 Å². The normalized spacial score (nSPS) is 10.9. The van der Waals surface area contributed by atoms with Crippen LogP contribution in [0.5, 0.6) is 11.5 Å². The van der Waals surface area contributed by atoms with Gasteiger partial charge in [-0.2, -0.15) is 0 Å². The molecule has 0 radical (unpaired) electrons. The Kier molecular flexibility index (Phi) is 7.48. The number of ether oxygens (including phenoxy) is 1. The van der Waals surface area contributed by atoms with Gasteiger partial charge in [0.2, 0.25) is 0 Å². The van der Waals surface area contributed by atoms with Crippen molar-refractivity contribution in [2.45, 2.75) is 45.4 Å². The number of hydrogen-bond acceptors (Lipinski definition) is 3. The van der Waals surface area contributed by atoms with Gasteiger partial charge < -0.3 is 9.84 Å². The molecule has 0 unspecified atom stereocenters. The molecule has 0 atom stereocenters. The third-order valence-corrected chi connectivity index (χ3v) is 3.19. The molecule has 20 heavy (non-hydrogen) atoms. The van der Waals surface area contributed by atoms with Crippen molar-refractivity contribution in [2.24, 2.45) is 0 Å². The first kappa shape index (κ1) is 16.3. The largest absolute Gasteiger partial charge is 0.504 e. The van der Waals surface area contributed by atoms with Crippen LogP contribution in [0, 0.1) is 0 Å². The molecular weight excluding hydrogens is 252 g/mol. The summed E-state index contributed by atoms with van der Waals surface area (Å²) in [7, 11) is 1.50. The van der Waals surface area contributed by atoms with Crippen molar-refractivity contribution < 1.29 is 14.6 Å². The second-order valence-electron chi connectivity index (χ2n) is 4.90. The molecule has 0 bridgehead atoms. The Labute approximate surface area is 121 Å². The molecule has 110 valence electrons. The molecule has 0 saturated heterocycles. The summed E-state index contributed by atoms with van der Waals surface area (Å²) in [4.78, 5) is 11.7. The molecule has 0 aliphatic heterocycles. The van der Waals surface area contributed by atoms with Gasteiger partial charge in [0.25, 0.3) is 0 Å². The lowest BCUT2D eigenvalue weighted by Gasteiger charge is -2.03. The van der Waals surface area contributed by atoms with E-state index in [9.17, 15) is 9.90 Å². The van der Waals surface area contributed by atoms with Gasteiger partial charge in [-0.15, -0.1) is 0 Å². The molecule has 0 aromatic heterocycles. The maximum Gasteiger partial charge on any atom is 0.161 e. The zero-order valence-electron chi connectivity index (χ0n) is 12.4. The molecule has 0 amide bonds. The fourth-order valence-corrected chi connectivity index (χ4v) is 1.97. The number of ketones is 1. The molecule has 1 rings (SSSR count). The summed E-state index contributed by atoms with van der Waals surface area (Å²) in [6, 6.07) is 5.02. The molecule has 3 heteroatoms. The molecule has 0 saturated carbocycles. The van der Waals surface area contributed by atoms with E-state index in [1.165, 1.54) is 26.4 Å². The van der Waals surface area contributed by atoms with Crippen LogP contribution in [-0.4, -0.2) is 18.0 Å². The van der Waals surface area contributed by atoms with Crippen LogP contribution in [0.2, 0.25) is 0 Å². The highest BCUT2D eigenvalue weighted by molar-refractivity contribution is 5.93. The lowest BCUT2D eigenvalue weighted by Crippen LogP contribution is -1.92. The smallest absolute Gasteiger partial charge is 0.161 e. The monoisotopic (exact) mass is 276 g/mol. The number of aromatic hydroxyl groups is 1. The van der Waals surface area contributed by atoms with E-state index in [1.807, 2.05) is 0 Å². The van der Waals surface area contributed by atoms with Crippen molar-refractivity contribution in [3.63, 3.8) is 0 Å². The topological polar surface area (TPSA) is 46.5 Å². The summed E-state index contributed by atoms with van der Waals surface area (Å²) >= 11 is 0. The SMILES string of the molecule is CCCCCCCC(=O)C=Cc1ccc(O)c(OC)c1. The third kappa shape index (κ3) is 5.91. The van der Waals surface area contributed by atoms with Gasteiger partial charge in [-0.25, -0.2) is 0 Å². The standard InChI is InChI=1S/C17H24O3/c1-3-4-5-6-7-8-15(18)11-9-14-10-12-16(19)17(13-14)20-2/h9-13,19H,3-8H2,1-2H3. The van der Waals surface area contributed by atoms with Gasteiger partial charge in [0.05, 0.1) is 7.11 Å². The van der Waals surface area contributed by atoms with Gasteiger partial charge in [0, 0.05) is 6.42 Å². The number of rotatable bonds is 9. The number of methoxy groups -OCH3 is 1. The van der Waals surface area contributed by atoms with E-state index in [0.717, 1.165) is 18.4 Å². The molecule has 3 nitrogen and oxygen atoms in total. The van der Waals surface area contributed by atoms with Crippen LogP contribution in [-0.2, 0) is 4.79 Å². The third-order valence-electron chi connectivity index (χ3n) is 3.19. The van der Waals surface area contributed by atoms with E-state index in [0.29, 0.717) is 12.2 Å². The fourth-order valence-electron chi connectivity index (χ4n) is 1.97. The van der Waals surface area contributed by atoms with Crippen molar-refractivity contribution in [2.75, 3.05) is 7.11 Å². The van der Waals surface area contributed by atoms with Gasteiger partial charge in [0.1, 0.15) is 0 Å². The first-order valence-corrected chi connectivity index (χ1v) is 7.25. The average molecular weight is 276 g/mol. The summed E-state index contributed by atoms with van der Waals surface area (Å²) in [5.74, 6) is 0.666. The zero-order valence-corrected chi connectivity index (χ0v) is 12.4. The Bertz CT molecular complexity index is 450. The zero-order chi connectivity index (χ0) is 14.8. The average Bonchev–Trinajstić information content (AvgIpc) is 2.46. The van der Waals surface area contributed by atoms with Crippen molar-refractivity contribution in [3.8, 4) is 11.5 Å². The molecule has 0 aliphatic rings. The number of carbonyl (C=O) groups excluding carboxylic acids is 1. The lowest BCUT2D eigenvalue weighted by molar-refractivity contribution is -0.114. The first-order valence-electron chi connectivity index (χ1n) is 7.25. The Morgan fingerprint density at radius 2 is 2.00 bits per heavy atom.